The highest BCUT2D eigenvalue weighted by atomic mass is 16.6. The lowest BCUT2D eigenvalue weighted by Gasteiger charge is -2.08. The molecule has 0 saturated carbocycles. The summed E-state index contributed by atoms with van der Waals surface area (Å²) in [6, 6.07) is 8.03. The highest BCUT2D eigenvalue weighted by molar-refractivity contribution is 5.97. The molecule has 2 aromatic rings. The van der Waals surface area contributed by atoms with E-state index in [-0.39, 0.29) is 11.6 Å². The fourth-order valence-electron chi connectivity index (χ4n) is 2.13. The summed E-state index contributed by atoms with van der Waals surface area (Å²) >= 11 is 0. The predicted molar refractivity (Wildman–Crippen MR) is 98.3 cm³/mol. The molecule has 0 heterocycles. The van der Waals surface area contributed by atoms with Gasteiger partial charge >= 0.3 is 5.69 Å². The largest absolute Gasteiger partial charge is 0.497 e. The molecule has 11 nitrogen and oxygen atoms in total. The van der Waals surface area contributed by atoms with E-state index in [0.29, 0.717) is 17.0 Å². The lowest BCUT2D eigenvalue weighted by atomic mass is 10.2. The number of carbonyl (C=O) groups is 1. The smallest absolute Gasteiger partial charge is 0.301 e. The summed E-state index contributed by atoms with van der Waals surface area (Å²) in [5.74, 6) is 0.237. The first kappa shape index (κ1) is 19.3. The number of anilines is 2. The quantitative estimate of drug-likeness (QED) is 0.430. The molecule has 2 N–H and O–H groups in total. The maximum atomic E-state index is 11.3. The summed E-state index contributed by atoms with van der Waals surface area (Å²) < 4.78 is 5.12. The van der Waals surface area contributed by atoms with Crippen LogP contribution in [0.25, 0.3) is 0 Å². The molecule has 2 rings (SSSR count). The van der Waals surface area contributed by atoms with Crippen molar-refractivity contribution in [1.29, 1.82) is 0 Å². The Morgan fingerprint density at radius 2 is 1.81 bits per heavy atom. The number of nitrogens with one attached hydrogen (secondary N) is 2. The minimum atomic E-state index is -0.751. The molecule has 0 aliphatic carbocycles. The van der Waals surface area contributed by atoms with Gasteiger partial charge in [0.2, 0.25) is 5.91 Å². The molecule has 0 aromatic heterocycles. The number of benzene rings is 2. The summed E-state index contributed by atoms with van der Waals surface area (Å²) in [5.41, 5.74) is 2.51. The molecule has 0 aliphatic heterocycles. The Balaban J connectivity index is 2.30. The molecule has 0 atom stereocenters. The Hall–Kier alpha value is -4.02. The van der Waals surface area contributed by atoms with Crippen molar-refractivity contribution in [3.63, 3.8) is 0 Å². The maximum absolute atomic E-state index is 11.3. The number of methoxy groups -OCH3 is 1. The average molecular weight is 373 g/mol. The van der Waals surface area contributed by atoms with E-state index in [1.807, 2.05) is 0 Å². The maximum Gasteiger partial charge on any atom is 0.301 e. The van der Waals surface area contributed by atoms with Gasteiger partial charge in [0.15, 0.2) is 0 Å². The number of nitro groups is 2. The molecule has 2 aromatic carbocycles. The van der Waals surface area contributed by atoms with Crippen LogP contribution in [0, 0.1) is 20.2 Å². The van der Waals surface area contributed by atoms with Crippen molar-refractivity contribution in [2.45, 2.75) is 6.92 Å². The van der Waals surface area contributed by atoms with E-state index in [0.717, 1.165) is 12.1 Å². The van der Waals surface area contributed by atoms with Crippen LogP contribution >= 0.6 is 0 Å². The first-order chi connectivity index (χ1) is 12.8. The topological polar surface area (TPSA) is 149 Å². The predicted octanol–water partition coefficient (Wildman–Crippen LogP) is 2.92. The zero-order valence-electron chi connectivity index (χ0n) is 14.3. The Kier molecular flexibility index (Phi) is 5.99. The monoisotopic (exact) mass is 373 g/mol. The van der Waals surface area contributed by atoms with Crippen molar-refractivity contribution in [3.05, 3.63) is 62.2 Å². The first-order valence-corrected chi connectivity index (χ1v) is 7.49. The number of rotatable bonds is 7. The zero-order valence-corrected chi connectivity index (χ0v) is 14.3. The van der Waals surface area contributed by atoms with Gasteiger partial charge in [-0.05, 0) is 24.3 Å². The third kappa shape index (κ3) is 4.98. The molecule has 0 radical (unpaired) electrons. The second-order valence-electron chi connectivity index (χ2n) is 5.22. The van der Waals surface area contributed by atoms with Crippen LogP contribution in [-0.2, 0) is 4.79 Å². The van der Waals surface area contributed by atoms with E-state index < -0.39 is 21.2 Å². The summed E-state index contributed by atoms with van der Waals surface area (Å²) in [6.07, 6.45) is 1.33. The molecular weight excluding hydrogens is 358 g/mol. The van der Waals surface area contributed by atoms with E-state index in [4.69, 9.17) is 4.74 Å². The number of hydrazone groups is 1. The van der Waals surface area contributed by atoms with Crippen molar-refractivity contribution >= 4 is 34.9 Å². The van der Waals surface area contributed by atoms with Crippen molar-refractivity contribution in [3.8, 4) is 5.75 Å². The number of amides is 1. The van der Waals surface area contributed by atoms with Gasteiger partial charge in [-0.3, -0.25) is 30.4 Å². The van der Waals surface area contributed by atoms with Gasteiger partial charge in [-0.15, -0.1) is 0 Å². The molecular formula is C16H15N5O6. The van der Waals surface area contributed by atoms with Gasteiger partial charge in [0.1, 0.15) is 11.4 Å². The molecule has 0 unspecified atom stereocenters. The first-order valence-electron chi connectivity index (χ1n) is 7.49. The standard InChI is InChI=1S/C16H15N5O6/c1-10(22)18-14-6-4-13(27-2)7-11(14)9-17-19-15-5-3-12(20(23)24)8-16(15)21(25)26/h3-9,19H,1-2H3,(H,18,22). The zero-order chi connectivity index (χ0) is 20.0. The van der Waals surface area contributed by atoms with E-state index in [1.165, 1.54) is 26.3 Å². The molecule has 11 heteroatoms. The van der Waals surface area contributed by atoms with Crippen molar-refractivity contribution in [2.24, 2.45) is 5.10 Å². The highest BCUT2D eigenvalue weighted by Gasteiger charge is 2.19. The summed E-state index contributed by atoms with van der Waals surface area (Å²) in [6.45, 7) is 1.35. The molecule has 1 amide bonds. The summed E-state index contributed by atoms with van der Waals surface area (Å²) in [7, 11) is 1.48. The van der Waals surface area contributed by atoms with E-state index >= 15 is 0 Å². The summed E-state index contributed by atoms with van der Waals surface area (Å²) in [5, 5.41) is 28.4. The third-order valence-corrected chi connectivity index (χ3v) is 3.35. The van der Waals surface area contributed by atoms with Crippen LogP contribution in [0.5, 0.6) is 5.75 Å². The molecule has 0 fully saturated rings. The number of hydrogen-bond acceptors (Lipinski definition) is 8. The minimum absolute atomic E-state index is 0.0224. The number of hydrogen-bond donors (Lipinski definition) is 2. The minimum Gasteiger partial charge on any atom is -0.497 e. The van der Waals surface area contributed by atoms with E-state index in [2.05, 4.69) is 15.8 Å². The van der Waals surface area contributed by atoms with Crippen LogP contribution in [0.4, 0.5) is 22.7 Å². The number of nitrogens with zero attached hydrogens (tertiary/aromatic N) is 3. The van der Waals surface area contributed by atoms with Crippen molar-refractivity contribution < 1.29 is 19.4 Å². The van der Waals surface area contributed by atoms with Gasteiger partial charge in [0.05, 0.1) is 29.2 Å². The molecule has 140 valence electrons. The van der Waals surface area contributed by atoms with Gasteiger partial charge in [-0.2, -0.15) is 5.10 Å². The second-order valence-corrected chi connectivity index (χ2v) is 5.22. The van der Waals surface area contributed by atoms with E-state index in [1.54, 1.807) is 18.2 Å². The number of non-ortho nitro benzene ring substituents is 1. The highest BCUT2D eigenvalue weighted by Crippen LogP contribution is 2.29. The normalized spacial score (nSPS) is 10.4. The van der Waals surface area contributed by atoms with Gasteiger partial charge in [0.25, 0.3) is 5.69 Å². The van der Waals surface area contributed by atoms with Crippen molar-refractivity contribution in [1.82, 2.24) is 0 Å². The number of carbonyl (C=O) groups excluding carboxylic acids is 1. The fourth-order valence-corrected chi connectivity index (χ4v) is 2.13. The molecule has 27 heavy (non-hydrogen) atoms. The number of ether oxygens (including phenoxy) is 1. The van der Waals surface area contributed by atoms with Gasteiger partial charge in [-0.25, -0.2) is 0 Å². The van der Waals surface area contributed by atoms with Crippen LogP contribution in [0.3, 0.4) is 0 Å². The lowest BCUT2D eigenvalue weighted by Crippen LogP contribution is -2.08. The second kappa shape index (κ2) is 8.38. The molecule has 0 aliphatic rings. The van der Waals surface area contributed by atoms with Gasteiger partial charge in [-0.1, -0.05) is 0 Å². The summed E-state index contributed by atoms with van der Waals surface area (Å²) in [4.78, 5) is 31.7. The molecule has 0 spiro atoms. The fraction of sp³-hybridized carbons (Fsp3) is 0.125. The van der Waals surface area contributed by atoms with Crippen molar-refractivity contribution in [2.75, 3.05) is 17.9 Å². The molecule has 0 bridgehead atoms. The van der Waals surface area contributed by atoms with Crippen LogP contribution < -0.4 is 15.5 Å². The van der Waals surface area contributed by atoms with E-state index in [9.17, 15) is 25.0 Å². The lowest BCUT2D eigenvalue weighted by molar-refractivity contribution is -0.393. The van der Waals surface area contributed by atoms with Gasteiger partial charge in [0, 0.05) is 24.2 Å². The van der Waals surface area contributed by atoms with Crippen LogP contribution in [0.15, 0.2) is 41.5 Å². The van der Waals surface area contributed by atoms with Crippen LogP contribution in [0.2, 0.25) is 0 Å². The van der Waals surface area contributed by atoms with Crippen LogP contribution in [0.1, 0.15) is 12.5 Å². The Labute approximate surface area is 152 Å². The third-order valence-electron chi connectivity index (χ3n) is 3.35. The Bertz CT molecular complexity index is 928. The molecule has 0 saturated heterocycles. The SMILES string of the molecule is COc1ccc(NC(C)=O)c(C=NNc2ccc([N+](=O)[O-])cc2[N+](=O)[O-])c1. The number of nitro benzene ring substituents is 2. The Morgan fingerprint density at radius 1 is 1.11 bits per heavy atom. The van der Waals surface area contributed by atoms with Crippen LogP contribution in [-0.4, -0.2) is 29.1 Å². The average Bonchev–Trinajstić information content (AvgIpc) is 2.62. The van der Waals surface area contributed by atoms with Gasteiger partial charge < -0.3 is 10.1 Å². The Morgan fingerprint density at radius 3 is 2.41 bits per heavy atom.